The third kappa shape index (κ3) is 7.35. The first-order valence-electron chi connectivity index (χ1n) is 5.43. The van der Waals surface area contributed by atoms with E-state index < -0.39 is 12.0 Å². The van der Waals surface area contributed by atoms with E-state index >= 15 is 0 Å². The Balaban J connectivity index is 4.14. The molecule has 0 radical (unpaired) electrons. The highest BCUT2D eigenvalue weighted by Gasteiger charge is 2.09. The van der Waals surface area contributed by atoms with Crippen molar-refractivity contribution in [1.29, 1.82) is 0 Å². The van der Waals surface area contributed by atoms with Crippen LogP contribution in [0, 0.1) is 0 Å². The number of nitrogens with zero attached hydrogens (tertiary/aromatic N) is 2. The summed E-state index contributed by atoms with van der Waals surface area (Å²) in [5, 5.41) is 8.65. The number of hydrogen-bond donors (Lipinski definition) is 2. The van der Waals surface area contributed by atoms with Gasteiger partial charge in [0, 0.05) is 25.2 Å². The van der Waals surface area contributed by atoms with Gasteiger partial charge in [-0.2, -0.15) is 0 Å². The SMILES string of the molecule is CC(=CCCN(CCN(C)C)C(N)=O)C(=O)O. The van der Waals surface area contributed by atoms with Gasteiger partial charge in [0.15, 0.2) is 0 Å². The van der Waals surface area contributed by atoms with E-state index in [-0.39, 0.29) is 5.57 Å². The molecule has 0 fully saturated rings. The van der Waals surface area contributed by atoms with Crippen LogP contribution in [0.25, 0.3) is 0 Å². The molecule has 0 atom stereocenters. The fourth-order valence-corrected chi connectivity index (χ4v) is 1.18. The summed E-state index contributed by atoms with van der Waals surface area (Å²) in [6.07, 6.45) is 2.09. The summed E-state index contributed by atoms with van der Waals surface area (Å²) in [6.45, 7) is 3.23. The predicted octanol–water partition coefficient (Wildman–Crippen LogP) is 0.350. The molecule has 0 rings (SSSR count). The summed E-state index contributed by atoms with van der Waals surface area (Å²) in [4.78, 5) is 25.1. The molecular weight excluding hydrogens is 222 g/mol. The number of nitrogens with two attached hydrogens (primary N) is 1. The Bertz CT molecular complexity index is 300. The standard InChI is InChI=1S/C11H21N3O3/c1-9(10(15)16)5-4-6-14(11(12)17)8-7-13(2)3/h5H,4,6-8H2,1-3H3,(H2,12,17)(H,15,16). The second-order valence-corrected chi connectivity index (χ2v) is 4.11. The summed E-state index contributed by atoms with van der Waals surface area (Å²) in [5.74, 6) is -0.941. The number of rotatable bonds is 7. The van der Waals surface area contributed by atoms with Crippen molar-refractivity contribution in [2.75, 3.05) is 33.7 Å². The lowest BCUT2D eigenvalue weighted by atomic mass is 10.2. The zero-order valence-corrected chi connectivity index (χ0v) is 10.6. The van der Waals surface area contributed by atoms with Crippen molar-refractivity contribution in [3.05, 3.63) is 11.6 Å². The highest BCUT2D eigenvalue weighted by molar-refractivity contribution is 5.85. The van der Waals surface area contributed by atoms with Crippen molar-refractivity contribution in [2.24, 2.45) is 5.73 Å². The molecule has 0 aromatic heterocycles. The number of aliphatic carboxylic acids is 1. The molecule has 0 heterocycles. The van der Waals surface area contributed by atoms with Crippen molar-refractivity contribution in [2.45, 2.75) is 13.3 Å². The largest absolute Gasteiger partial charge is 0.478 e. The Kier molecular flexibility index (Phi) is 6.97. The Morgan fingerprint density at radius 1 is 1.24 bits per heavy atom. The van der Waals surface area contributed by atoms with E-state index in [0.29, 0.717) is 19.5 Å². The summed E-state index contributed by atoms with van der Waals surface area (Å²) in [5.41, 5.74) is 5.51. The van der Waals surface area contributed by atoms with Crippen molar-refractivity contribution in [3.63, 3.8) is 0 Å². The average molecular weight is 243 g/mol. The Morgan fingerprint density at radius 3 is 2.24 bits per heavy atom. The smallest absolute Gasteiger partial charge is 0.330 e. The third-order valence-electron chi connectivity index (χ3n) is 2.32. The molecule has 3 N–H and O–H groups in total. The maximum Gasteiger partial charge on any atom is 0.330 e. The molecule has 6 heteroatoms. The van der Waals surface area contributed by atoms with Gasteiger partial charge in [-0.1, -0.05) is 6.08 Å². The Morgan fingerprint density at radius 2 is 1.82 bits per heavy atom. The van der Waals surface area contributed by atoms with E-state index in [4.69, 9.17) is 10.8 Å². The van der Waals surface area contributed by atoms with Gasteiger partial charge in [0.25, 0.3) is 0 Å². The fourth-order valence-electron chi connectivity index (χ4n) is 1.18. The minimum Gasteiger partial charge on any atom is -0.478 e. The molecule has 0 aromatic carbocycles. The molecule has 0 unspecified atom stereocenters. The molecular formula is C11H21N3O3. The van der Waals surface area contributed by atoms with Gasteiger partial charge >= 0.3 is 12.0 Å². The number of urea groups is 1. The van der Waals surface area contributed by atoms with Crippen molar-refractivity contribution in [1.82, 2.24) is 9.80 Å². The van der Waals surface area contributed by atoms with Crippen molar-refractivity contribution >= 4 is 12.0 Å². The zero-order chi connectivity index (χ0) is 13.4. The van der Waals surface area contributed by atoms with Crippen LogP contribution < -0.4 is 5.73 Å². The van der Waals surface area contributed by atoms with Crippen molar-refractivity contribution in [3.8, 4) is 0 Å². The second-order valence-electron chi connectivity index (χ2n) is 4.11. The molecule has 0 saturated heterocycles. The van der Waals surface area contributed by atoms with Crippen LogP contribution in [0.1, 0.15) is 13.3 Å². The van der Waals surface area contributed by atoms with Gasteiger partial charge in [-0.3, -0.25) is 0 Å². The number of likely N-dealkylation sites (N-methyl/N-ethyl adjacent to an activating group) is 1. The van der Waals surface area contributed by atoms with Crippen LogP contribution in [0.3, 0.4) is 0 Å². The molecule has 2 amide bonds. The van der Waals surface area contributed by atoms with Gasteiger partial charge < -0.3 is 20.6 Å². The molecule has 0 bridgehead atoms. The summed E-state index contributed by atoms with van der Waals surface area (Å²) in [7, 11) is 3.82. The average Bonchev–Trinajstić information content (AvgIpc) is 2.21. The molecule has 6 nitrogen and oxygen atoms in total. The number of primary amides is 1. The van der Waals surface area contributed by atoms with Gasteiger partial charge in [-0.15, -0.1) is 0 Å². The minimum absolute atomic E-state index is 0.280. The van der Waals surface area contributed by atoms with Crippen LogP contribution in [-0.2, 0) is 4.79 Å². The maximum atomic E-state index is 11.1. The Labute approximate surface area is 102 Å². The van der Waals surface area contributed by atoms with Crippen LogP contribution >= 0.6 is 0 Å². The van der Waals surface area contributed by atoms with Gasteiger partial charge in [0.05, 0.1) is 0 Å². The predicted molar refractivity (Wildman–Crippen MR) is 65.7 cm³/mol. The second kappa shape index (κ2) is 7.67. The molecule has 0 aliphatic rings. The number of carboxylic acid groups (broad SMARTS) is 1. The molecule has 17 heavy (non-hydrogen) atoms. The third-order valence-corrected chi connectivity index (χ3v) is 2.32. The van der Waals surface area contributed by atoms with E-state index in [9.17, 15) is 9.59 Å². The first kappa shape index (κ1) is 15.4. The van der Waals surface area contributed by atoms with Crippen LogP contribution in [0.2, 0.25) is 0 Å². The highest BCUT2D eigenvalue weighted by atomic mass is 16.4. The van der Waals surface area contributed by atoms with Crippen LogP contribution in [-0.4, -0.2) is 60.6 Å². The van der Waals surface area contributed by atoms with Crippen LogP contribution in [0.4, 0.5) is 4.79 Å². The first-order valence-corrected chi connectivity index (χ1v) is 5.43. The fraction of sp³-hybridized carbons (Fsp3) is 0.636. The first-order chi connectivity index (χ1) is 7.84. The zero-order valence-electron chi connectivity index (χ0n) is 10.6. The molecule has 98 valence electrons. The van der Waals surface area contributed by atoms with E-state index in [1.165, 1.54) is 11.8 Å². The van der Waals surface area contributed by atoms with Gasteiger partial charge in [-0.05, 0) is 27.4 Å². The van der Waals surface area contributed by atoms with Gasteiger partial charge in [0.2, 0.25) is 0 Å². The van der Waals surface area contributed by atoms with Crippen LogP contribution in [0.5, 0.6) is 0 Å². The summed E-state index contributed by atoms with van der Waals surface area (Å²) < 4.78 is 0. The lowest BCUT2D eigenvalue weighted by molar-refractivity contribution is -0.132. The topological polar surface area (TPSA) is 86.9 Å². The van der Waals surface area contributed by atoms with Gasteiger partial charge in [0.1, 0.15) is 0 Å². The summed E-state index contributed by atoms with van der Waals surface area (Å²) in [6, 6.07) is -0.478. The number of amides is 2. The van der Waals surface area contributed by atoms with E-state index in [2.05, 4.69) is 0 Å². The highest BCUT2D eigenvalue weighted by Crippen LogP contribution is 1.98. The molecule has 0 aliphatic carbocycles. The van der Waals surface area contributed by atoms with Crippen molar-refractivity contribution < 1.29 is 14.7 Å². The molecule has 0 aromatic rings. The molecule has 0 aliphatic heterocycles. The monoisotopic (exact) mass is 243 g/mol. The number of carbonyl (C=O) groups excluding carboxylic acids is 1. The number of carboxylic acids is 1. The molecule has 0 saturated carbocycles. The number of hydrogen-bond acceptors (Lipinski definition) is 3. The minimum atomic E-state index is -0.941. The maximum absolute atomic E-state index is 11.1. The van der Waals surface area contributed by atoms with E-state index in [1.807, 2.05) is 19.0 Å². The molecule has 0 spiro atoms. The summed E-state index contributed by atoms with van der Waals surface area (Å²) >= 11 is 0. The van der Waals surface area contributed by atoms with Crippen LogP contribution in [0.15, 0.2) is 11.6 Å². The van der Waals surface area contributed by atoms with Gasteiger partial charge in [-0.25, -0.2) is 9.59 Å². The quantitative estimate of drug-likeness (QED) is 0.632. The van der Waals surface area contributed by atoms with E-state index in [1.54, 1.807) is 6.08 Å². The lowest BCUT2D eigenvalue weighted by Gasteiger charge is -2.21. The number of carbonyl (C=O) groups is 2. The Hall–Kier alpha value is -1.56. The lowest BCUT2D eigenvalue weighted by Crippen LogP contribution is -2.40. The normalized spacial score (nSPS) is 11.6. The van der Waals surface area contributed by atoms with E-state index in [0.717, 1.165) is 6.54 Å².